The van der Waals surface area contributed by atoms with E-state index in [2.05, 4.69) is 5.16 Å². The largest absolute Gasteiger partial charge is 0.378 e. The molecule has 1 heterocycles. The highest BCUT2D eigenvalue weighted by Gasteiger charge is 2.31. The monoisotopic (exact) mass is 201 g/mol. The highest BCUT2D eigenvalue weighted by Crippen LogP contribution is 2.42. The van der Waals surface area contributed by atoms with Gasteiger partial charge in [-0.1, -0.05) is 30.3 Å². The van der Waals surface area contributed by atoms with Crippen LogP contribution >= 0.6 is 0 Å². The van der Waals surface area contributed by atoms with Crippen LogP contribution in [0.3, 0.4) is 0 Å². The van der Waals surface area contributed by atoms with Gasteiger partial charge in [-0.25, -0.2) is 0 Å². The number of hydrogen-bond acceptors (Lipinski definition) is 2. The summed E-state index contributed by atoms with van der Waals surface area (Å²) in [6.45, 7) is 0. The quantitative estimate of drug-likeness (QED) is 0.811. The topological polar surface area (TPSA) is 46.0 Å². The van der Waals surface area contributed by atoms with E-state index in [1.807, 2.05) is 30.3 Å². The van der Waals surface area contributed by atoms with Crippen molar-refractivity contribution in [3.8, 4) is 11.3 Å². The number of hydrogen-bond donors (Lipinski definition) is 1. The van der Waals surface area contributed by atoms with Crippen LogP contribution in [0.1, 0.15) is 24.3 Å². The van der Waals surface area contributed by atoms with Crippen molar-refractivity contribution in [3.63, 3.8) is 0 Å². The van der Waals surface area contributed by atoms with Crippen LogP contribution in [-0.2, 0) is 0 Å². The predicted octanol–water partition coefficient (Wildman–Crippen LogP) is 2.51. The van der Waals surface area contributed by atoms with E-state index in [0.717, 1.165) is 24.0 Å². The molecule has 0 saturated heterocycles. The zero-order chi connectivity index (χ0) is 10.3. The average Bonchev–Trinajstić information content (AvgIpc) is 3.03. The minimum absolute atomic E-state index is 0.0728. The van der Waals surface area contributed by atoms with Crippen molar-refractivity contribution in [2.75, 3.05) is 0 Å². The lowest BCUT2D eigenvalue weighted by Crippen LogP contribution is -2.04. The molecular formula is C12H11NO2. The van der Waals surface area contributed by atoms with Gasteiger partial charge >= 0.3 is 0 Å². The SMILES string of the molecule is O=c1[nH]oc(-c2ccccc2)c1C1CC1. The number of aromatic amines is 1. The minimum atomic E-state index is -0.0728. The third-order valence-corrected chi connectivity index (χ3v) is 2.76. The maximum absolute atomic E-state index is 11.5. The molecule has 1 fully saturated rings. The summed E-state index contributed by atoms with van der Waals surface area (Å²) < 4.78 is 5.25. The molecule has 0 radical (unpaired) electrons. The highest BCUT2D eigenvalue weighted by atomic mass is 16.5. The molecule has 1 N–H and O–H groups in total. The molecule has 15 heavy (non-hydrogen) atoms. The summed E-state index contributed by atoms with van der Waals surface area (Å²) in [6, 6.07) is 9.75. The molecule has 0 unspecified atom stereocenters. The summed E-state index contributed by atoms with van der Waals surface area (Å²) in [7, 11) is 0. The summed E-state index contributed by atoms with van der Waals surface area (Å²) in [5.74, 6) is 1.12. The van der Waals surface area contributed by atoms with Crippen molar-refractivity contribution in [1.29, 1.82) is 0 Å². The second-order valence-electron chi connectivity index (χ2n) is 3.92. The molecule has 2 aromatic rings. The molecule has 3 rings (SSSR count). The van der Waals surface area contributed by atoms with Gasteiger partial charge < -0.3 is 4.52 Å². The smallest absolute Gasteiger partial charge is 0.283 e. The Labute approximate surface area is 86.7 Å². The maximum atomic E-state index is 11.5. The van der Waals surface area contributed by atoms with Crippen LogP contribution in [0.5, 0.6) is 0 Å². The van der Waals surface area contributed by atoms with Gasteiger partial charge in [0.25, 0.3) is 5.56 Å². The summed E-state index contributed by atoms with van der Waals surface area (Å²) in [5, 5.41) is 2.43. The van der Waals surface area contributed by atoms with E-state index in [0.29, 0.717) is 11.7 Å². The standard InChI is InChI=1S/C12H11NO2/c14-12-10(8-6-7-8)11(15-13-12)9-4-2-1-3-5-9/h1-5,8H,6-7H2,(H,13,14). The Morgan fingerprint density at radius 2 is 1.93 bits per heavy atom. The number of aromatic nitrogens is 1. The summed E-state index contributed by atoms with van der Waals surface area (Å²) in [4.78, 5) is 11.5. The van der Waals surface area contributed by atoms with Gasteiger partial charge in [-0.3, -0.25) is 4.79 Å². The van der Waals surface area contributed by atoms with Crippen LogP contribution in [0.2, 0.25) is 0 Å². The lowest BCUT2D eigenvalue weighted by Gasteiger charge is -1.97. The van der Waals surface area contributed by atoms with Gasteiger partial charge in [0.05, 0.1) is 5.56 Å². The molecule has 0 spiro atoms. The fourth-order valence-corrected chi connectivity index (χ4v) is 1.86. The fourth-order valence-electron chi connectivity index (χ4n) is 1.86. The number of H-pyrrole nitrogens is 1. The Balaban J connectivity index is 2.16. The van der Waals surface area contributed by atoms with E-state index in [4.69, 9.17) is 4.52 Å². The third kappa shape index (κ3) is 1.40. The first kappa shape index (κ1) is 8.53. The first-order chi connectivity index (χ1) is 7.36. The first-order valence-electron chi connectivity index (χ1n) is 5.13. The number of rotatable bonds is 2. The Morgan fingerprint density at radius 1 is 1.20 bits per heavy atom. The first-order valence-corrected chi connectivity index (χ1v) is 5.13. The second-order valence-corrected chi connectivity index (χ2v) is 3.92. The molecule has 1 aromatic heterocycles. The van der Waals surface area contributed by atoms with E-state index >= 15 is 0 Å². The molecule has 0 aliphatic heterocycles. The van der Waals surface area contributed by atoms with Crippen LogP contribution in [0.4, 0.5) is 0 Å². The van der Waals surface area contributed by atoms with E-state index in [-0.39, 0.29) is 5.56 Å². The van der Waals surface area contributed by atoms with Gasteiger partial charge in [0.2, 0.25) is 0 Å². The van der Waals surface area contributed by atoms with Crippen LogP contribution in [-0.4, -0.2) is 5.16 Å². The minimum Gasteiger partial charge on any atom is -0.378 e. The van der Waals surface area contributed by atoms with Gasteiger partial charge in [0, 0.05) is 5.56 Å². The normalized spacial score (nSPS) is 15.5. The summed E-state index contributed by atoms with van der Waals surface area (Å²) in [5.41, 5.74) is 1.72. The molecule has 0 atom stereocenters. The van der Waals surface area contributed by atoms with E-state index in [9.17, 15) is 4.79 Å². The Bertz CT molecular complexity index is 520. The van der Waals surface area contributed by atoms with Gasteiger partial charge in [-0.05, 0) is 18.8 Å². The Kier molecular flexibility index (Phi) is 1.78. The Hall–Kier alpha value is -1.77. The van der Waals surface area contributed by atoms with Crippen LogP contribution in [0.15, 0.2) is 39.6 Å². The van der Waals surface area contributed by atoms with Crippen molar-refractivity contribution in [1.82, 2.24) is 5.16 Å². The third-order valence-electron chi connectivity index (χ3n) is 2.76. The van der Waals surface area contributed by atoms with E-state index in [1.54, 1.807) is 0 Å². The molecule has 0 amide bonds. The zero-order valence-corrected chi connectivity index (χ0v) is 8.19. The molecular weight excluding hydrogens is 190 g/mol. The average molecular weight is 201 g/mol. The lowest BCUT2D eigenvalue weighted by molar-refractivity contribution is 0.425. The van der Waals surface area contributed by atoms with Crippen LogP contribution in [0, 0.1) is 0 Å². The van der Waals surface area contributed by atoms with Crippen molar-refractivity contribution in [3.05, 3.63) is 46.2 Å². The number of benzene rings is 1. The van der Waals surface area contributed by atoms with Crippen molar-refractivity contribution < 1.29 is 4.52 Å². The van der Waals surface area contributed by atoms with Crippen LogP contribution < -0.4 is 5.56 Å². The molecule has 1 aromatic carbocycles. The van der Waals surface area contributed by atoms with E-state index in [1.165, 1.54) is 0 Å². The number of nitrogens with one attached hydrogen (secondary N) is 1. The van der Waals surface area contributed by atoms with Crippen LogP contribution in [0.25, 0.3) is 11.3 Å². The van der Waals surface area contributed by atoms with Gasteiger partial charge in [-0.15, -0.1) is 0 Å². The Morgan fingerprint density at radius 3 is 2.60 bits per heavy atom. The van der Waals surface area contributed by atoms with E-state index < -0.39 is 0 Å². The molecule has 1 saturated carbocycles. The van der Waals surface area contributed by atoms with Crippen molar-refractivity contribution in [2.24, 2.45) is 0 Å². The molecule has 76 valence electrons. The molecule has 1 aliphatic rings. The summed E-state index contributed by atoms with van der Waals surface area (Å²) in [6.07, 6.45) is 2.20. The zero-order valence-electron chi connectivity index (χ0n) is 8.19. The van der Waals surface area contributed by atoms with Crippen molar-refractivity contribution >= 4 is 0 Å². The molecule has 0 bridgehead atoms. The molecule has 1 aliphatic carbocycles. The summed E-state index contributed by atoms with van der Waals surface area (Å²) >= 11 is 0. The second kappa shape index (κ2) is 3.12. The lowest BCUT2D eigenvalue weighted by atomic mass is 10.1. The maximum Gasteiger partial charge on any atom is 0.283 e. The highest BCUT2D eigenvalue weighted by molar-refractivity contribution is 5.61. The molecule has 3 heteroatoms. The van der Waals surface area contributed by atoms with Crippen molar-refractivity contribution in [2.45, 2.75) is 18.8 Å². The van der Waals surface area contributed by atoms with Gasteiger partial charge in [-0.2, -0.15) is 5.16 Å². The predicted molar refractivity (Wildman–Crippen MR) is 56.7 cm³/mol. The van der Waals surface area contributed by atoms with Gasteiger partial charge in [0.1, 0.15) is 0 Å². The fraction of sp³-hybridized carbons (Fsp3) is 0.250. The van der Waals surface area contributed by atoms with Gasteiger partial charge in [0.15, 0.2) is 5.76 Å². The molecule has 3 nitrogen and oxygen atoms in total.